The zero-order valence-corrected chi connectivity index (χ0v) is 14.1. The third kappa shape index (κ3) is 5.23. The molecule has 2 heteroatoms. The van der Waals surface area contributed by atoms with Gasteiger partial charge in [-0.1, -0.05) is 76.8 Å². The summed E-state index contributed by atoms with van der Waals surface area (Å²) in [6.07, 6.45) is 14.5. The fourth-order valence-electron chi connectivity index (χ4n) is 3.85. The molecule has 2 nitrogen and oxygen atoms in total. The quantitative estimate of drug-likeness (QED) is 0.470. The molecule has 22 heavy (non-hydrogen) atoms. The highest BCUT2D eigenvalue weighted by Crippen LogP contribution is 2.35. The topological polar surface area (TPSA) is 40.5 Å². The summed E-state index contributed by atoms with van der Waals surface area (Å²) in [5.74, 6) is 1.94. The van der Waals surface area contributed by atoms with E-state index in [1.807, 2.05) is 12.1 Å². The van der Waals surface area contributed by atoms with Gasteiger partial charge in [-0.2, -0.15) is 0 Å². The number of benzene rings is 1. The zero-order chi connectivity index (χ0) is 15.8. The molecule has 0 spiro atoms. The van der Waals surface area contributed by atoms with E-state index in [0.29, 0.717) is 0 Å². The molecule has 1 aliphatic carbocycles. The molecular weight excluding hydrogens is 272 g/mol. The highest BCUT2D eigenvalue weighted by Gasteiger charge is 2.20. The third-order valence-corrected chi connectivity index (χ3v) is 5.34. The molecule has 0 aliphatic heterocycles. The molecule has 124 valence electrons. The molecule has 2 N–H and O–H groups in total. The maximum Gasteiger partial charge on any atom is 0.160 e. The summed E-state index contributed by atoms with van der Waals surface area (Å²) in [4.78, 5) is 0. The Bertz CT molecular complexity index is 433. The van der Waals surface area contributed by atoms with Crippen molar-refractivity contribution < 1.29 is 10.2 Å². The van der Waals surface area contributed by atoms with Gasteiger partial charge in [0.1, 0.15) is 0 Å². The highest BCUT2D eigenvalue weighted by molar-refractivity contribution is 5.44. The van der Waals surface area contributed by atoms with Crippen LogP contribution in [0.1, 0.15) is 76.7 Å². The Morgan fingerprint density at radius 2 is 1.55 bits per heavy atom. The third-order valence-electron chi connectivity index (χ3n) is 5.34. The maximum atomic E-state index is 9.82. The number of aromatic hydroxyl groups is 2. The Kier molecular flexibility index (Phi) is 7.08. The summed E-state index contributed by atoms with van der Waals surface area (Å²) < 4.78 is 0. The summed E-state index contributed by atoms with van der Waals surface area (Å²) in [7, 11) is 0. The number of rotatable bonds is 8. The lowest BCUT2D eigenvalue weighted by atomic mass is 9.78. The molecule has 0 unspecified atom stereocenters. The van der Waals surface area contributed by atoms with Crippen molar-refractivity contribution in [2.45, 2.75) is 77.6 Å². The molecule has 0 radical (unpaired) electrons. The first-order valence-corrected chi connectivity index (χ1v) is 9.20. The normalized spacial score (nSPS) is 21.9. The average molecular weight is 304 g/mol. The van der Waals surface area contributed by atoms with Crippen molar-refractivity contribution in [2.75, 3.05) is 0 Å². The fourth-order valence-corrected chi connectivity index (χ4v) is 3.85. The van der Waals surface area contributed by atoms with Crippen molar-refractivity contribution in [3.63, 3.8) is 0 Å². The minimum Gasteiger partial charge on any atom is -0.504 e. The first kappa shape index (κ1) is 17.2. The predicted molar refractivity (Wildman–Crippen MR) is 92.3 cm³/mol. The van der Waals surface area contributed by atoms with Crippen molar-refractivity contribution in [1.82, 2.24) is 0 Å². The molecule has 2 rings (SSSR count). The molecule has 0 atom stereocenters. The highest BCUT2D eigenvalue weighted by atomic mass is 16.3. The van der Waals surface area contributed by atoms with E-state index in [-0.39, 0.29) is 11.5 Å². The summed E-state index contributed by atoms with van der Waals surface area (Å²) in [6, 6.07) is 5.27. The second-order valence-corrected chi connectivity index (χ2v) is 7.06. The van der Waals surface area contributed by atoms with Crippen LogP contribution in [0.5, 0.6) is 11.5 Å². The summed E-state index contributed by atoms with van der Waals surface area (Å²) in [5, 5.41) is 19.3. The second kappa shape index (κ2) is 9.07. The average Bonchev–Trinajstić information content (AvgIpc) is 2.53. The van der Waals surface area contributed by atoms with Gasteiger partial charge in [0.25, 0.3) is 0 Å². The minimum atomic E-state index is 0.00471. The number of hydrogen-bond acceptors (Lipinski definition) is 2. The predicted octanol–water partition coefficient (Wildman–Crippen LogP) is 5.81. The molecule has 1 aromatic rings. The Hall–Kier alpha value is -1.18. The number of hydrogen-bond donors (Lipinski definition) is 2. The number of aryl methyl sites for hydroxylation is 1. The molecule has 0 heterocycles. The van der Waals surface area contributed by atoms with Crippen molar-refractivity contribution in [2.24, 2.45) is 11.8 Å². The van der Waals surface area contributed by atoms with Crippen molar-refractivity contribution in [3.05, 3.63) is 23.8 Å². The Morgan fingerprint density at radius 3 is 2.18 bits per heavy atom. The Morgan fingerprint density at radius 1 is 0.909 bits per heavy atom. The van der Waals surface area contributed by atoms with Crippen LogP contribution in [-0.4, -0.2) is 10.2 Å². The summed E-state index contributed by atoms with van der Waals surface area (Å²) in [5.41, 5.74) is 0.883. The van der Waals surface area contributed by atoms with Crippen molar-refractivity contribution in [3.8, 4) is 11.5 Å². The van der Waals surface area contributed by atoms with Gasteiger partial charge in [0.2, 0.25) is 0 Å². The second-order valence-electron chi connectivity index (χ2n) is 7.06. The molecule has 1 saturated carbocycles. The van der Waals surface area contributed by atoms with Crippen LogP contribution in [0.15, 0.2) is 18.2 Å². The lowest BCUT2D eigenvalue weighted by Gasteiger charge is -2.28. The van der Waals surface area contributed by atoms with Crippen molar-refractivity contribution >= 4 is 0 Å². The maximum absolute atomic E-state index is 9.82. The monoisotopic (exact) mass is 304 g/mol. The van der Waals surface area contributed by atoms with Gasteiger partial charge in [-0.3, -0.25) is 0 Å². The van der Waals surface area contributed by atoms with Gasteiger partial charge in [-0.25, -0.2) is 0 Å². The van der Waals surface area contributed by atoms with Gasteiger partial charge in [-0.15, -0.1) is 0 Å². The molecule has 1 aromatic carbocycles. The van der Waals surface area contributed by atoms with E-state index in [2.05, 4.69) is 6.92 Å². The number of para-hydroxylation sites is 1. The zero-order valence-electron chi connectivity index (χ0n) is 14.1. The van der Waals surface area contributed by atoms with Gasteiger partial charge < -0.3 is 10.2 Å². The van der Waals surface area contributed by atoms with Crippen LogP contribution in [0.25, 0.3) is 0 Å². The van der Waals surface area contributed by atoms with Crippen LogP contribution in [0.2, 0.25) is 0 Å². The summed E-state index contributed by atoms with van der Waals surface area (Å²) >= 11 is 0. The van der Waals surface area contributed by atoms with Crippen molar-refractivity contribution in [1.29, 1.82) is 0 Å². The van der Waals surface area contributed by atoms with Crippen LogP contribution >= 0.6 is 0 Å². The van der Waals surface area contributed by atoms with Gasteiger partial charge >= 0.3 is 0 Å². The van der Waals surface area contributed by atoms with E-state index < -0.39 is 0 Å². The molecule has 1 aliphatic rings. The SMILES string of the molecule is CCCCCC1CCC(CCCc2cccc(O)c2O)CC1. The van der Waals surface area contributed by atoms with Gasteiger partial charge in [0, 0.05) is 0 Å². The van der Waals surface area contributed by atoms with E-state index in [1.54, 1.807) is 6.07 Å². The molecule has 1 fully saturated rings. The van der Waals surface area contributed by atoms with E-state index in [0.717, 1.165) is 30.2 Å². The fraction of sp³-hybridized carbons (Fsp3) is 0.700. The van der Waals surface area contributed by atoms with Crippen LogP contribution in [0.4, 0.5) is 0 Å². The number of unbranched alkanes of at least 4 members (excludes halogenated alkanes) is 2. The van der Waals surface area contributed by atoms with Gasteiger partial charge in [0.05, 0.1) is 0 Å². The van der Waals surface area contributed by atoms with E-state index in [4.69, 9.17) is 0 Å². The first-order chi connectivity index (χ1) is 10.7. The number of phenolic OH excluding ortho intramolecular Hbond substituents is 2. The standard InChI is InChI=1S/C20H32O2/c1-2-3-4-7-16-12-14-17(15-13-16)8-5-9-18-10-6-11-19(21)20(18)22/h6,10-11,16-17,21-22H,2-5,7-9,12-15H2,1H3. The first-order valence-electron chi connectivity index (χ1n) is 9.20. The number of phenols is 2. The molecule has 0 aromatic heterocycles. The van der Waals surface area contributed by atoms with Crippen LogP contribution in [-0.2, 0) is 6.42 Å². The molecule has 0 bridgehead atoms. The largest absolute Gasteiger partial charge is 0.504 e. The smallest absolute Gasteiger partial charge is 0.160 e. The van der Waals surface area contributed by atoms with E-state index >= 15 is 0 Å². The Balaban J connectivity index is 1.64. The lowest BCUT2D eigenvalue weighted by Crippen LogP contribution is -2.14. The van der Waals surface area contributed by atoms with E-state index in [1.165, 1.54) is 57.8 Å². The molecule has 0 amide bonds. The van der Waals surface area contributed by atoms with E-state index in [9.17, 15) is 10.2 Å². The van der Waals surface area contributed by atoms with Crippen LogP contribution in [0, 0.1) is 11.8 Å². The lowest BCUT2D eigenvalue weighted by molar-refractivity contribution is 0.246. The molecule has 0 saturated heterocycles. The van der Waals surface area contributed by atoms with Gasteiger partial charge in [0.15, 0.2) is 11.5 Å². The van der Waals surface area contributed by atoms with Crippen LogP contribution in [0.3, 0.4) is 0 Å². The van der Waals surface area contributed by atoms with Crippen LogP contribution < -0.4 is 0 Å². The van der Waals surface area contributed by atoms with Gasteiger partial charge in [-0.05, 0) is 36.3 Å². The molecular formula is C20H32O2. The summed E-state index contributed by atoms with van der Waals surface area (Å²) in [6.45, 7) is 2.28. The minimum absolute atomic E-state index is 0.00471. The Labute approximate surface area is 135 Å².